The Hall–Kier alpha value is -2.57. The van der Waals surface area contributed by atoms with Gasteiger partial charge in [0.2, 0.25) is 0 Å². The molecule has 1 aromatic heterocycles. The summed E-state index contributed by atoms with van der Waals surface area (Å²) in [5, 5.41) is 13.0. The third-order valence-electron chi connectivity index (χ3n) is 3.49. The van der Waals surface area contributed by atoms with E-state index in [4.69, 9.17) is 0 Å². The molecule has 0 aliphatic carbocycles. The van der Waals surface area contributed by atoms with Gasteiger partial charge in [0, 0.05) is 16.8 Å². The highest BCUT2D eigenvalue weighted by Crippen LogP contribution is 2.28. The lowest BCUT2D eigenvalue weighted by atomic mass is 10.1. The molecule has 0 aliphatic rings. The minimum absolute atomic E-state index is 0.344. The summed E-state index contributed by atoms with van der Waals surface area (Å²) in [6.45, 7) is 1.63. The number of halogens is 1. The minimum Gasteiger partial charge on any atom is -0.389 e. The molecule has 6 heteroatoms. The van der Waals surface area contributed by atoms with Gasteiger partial charge >= 0.3 is 0 Å². The summed E-state index contributed by atoms with van der Waals surface area (Å²) < 4.78 is 13.8. The lowest BCUT2D eigenvalue weighted by molar-refractivity contribution is 0.103. The fraction of sp³-hybridized carbons (Fsp3) is 0.111. The van der Waals surface area contributed by atoms with Crippen LogP contribution in [0.1, 0.15) is 28.3 Å². The molecule has 1 amide bonds. The number of carbonyl (C=O) groups is 1. The van der Waals surface area contributed by atoms with E-state index in [0.29, 0.717) is 26.7 Å². The smallest absolute Gasteiger partial charge is 0.267 e. The number of nitrogens with zero attached hydrogens (tertiary/aromatic N) is 1. The van der Waals surface area contributed by atoms with Gasteiger partial charge in [0.25, 0.3) is 5.91 Å². The Kier molecular flexibility index (Phi) is 4.69. The van der Waals surface area contributed by atoms with E-state index in [-0.39, 0.29) is 11.7 Å². The SMILES string of the molecule is CC(O)c1ccccc1NC(=O)c1cnc(-c2ccccc2F)s1. The average molecular weight is 342 g/mol. The highest BCUT2D eigenvalue weighted by Gasteiger charge is 2.16. The number of aliphatic hydroxyl groups is 1. The van der Waals surface area contributed by atoms with Gasteiger partial charge < -0.3 is 10.4 Å². The van der Waals surface area contributed by atoms with Crippen LogP contribution in [0, 0.1) is 5.82 Å². The summed E-state index contributed by atoms with van der Waals surface area (Å²) in [6.07, 6.45) is 0.726. The molecule has 0 aliphatic heterocycles. The second-order valence-corrected chi connectivity index (χ2v) is 6.26. The van der Waals surface area contributed by atoms with Crippen LogP contribution in [0.25, 0.3) is 10.6 Å². The Morgan fingerprint density at radius 2 is 1.92 bits per heavy atom. The molecule has 3 aromatic rings. The maximum atomic E-state index is 13.8. The molecule has 122 valence electrons. The third kappa shape index (κ3) is 3.34. The maximum absolute atomic E-state index is 13.8. The normalized spacial score (nSPS) is 12.0. The summed E-state index contributed by atoms with van der Waals surface area (Å²) in [7, 11) is 0. The van der Waals surface area contributed by atoms with E-state index in [1.165, 1.54) is 12.3 Å². The standard InChI is InChI=1S/C18H15FN2O2S/c1-11(22)12-6-3-5-9-15(12)21-17(23)16-10-20-18(24-16)13-7-2-4-8-14(13)19/h2-11,22H,1H3,(H,21,23). The van der Waals surface area contributed by atoms with Crippen LogP contribution in [0.5, 0.6) is 0 Å². The summed E-state index contributed by atoms with van der Waals surface area (Å²) in [5.41, 5.74) is 1.54. The largest absolute Gasteiger partial charge is 0.389 e. The molecule has 24 heavy (non-hydrogen) atoms. The number of hydrogen-bond acceptors (Lipinski definition) is 4. The van der Waals surface area contributed by atoms with E-state index in [1.54, 1.807) is 49.4 Å². The number of hydrogen-bond donors (Lipinski definition) is 2. The molecule has 0 bridgehead atoms. The van der Waals surface area contributed by atoms with Crippen LogP contribution in [0.2, 0.25) is 0 Å². The summed E-state index contributed by atoms with van der Waals surface area (Å²) >= 11 is 1.12. The monoisotopic (exact) mass is 342 g/mol. The van der Waals surface area contributed by atoms with Crippen LogP contribution in [0.4, 0.5) is 10.1 Å². The molecule has 1 atom stereocenters. The predicted octanol–water partition coefficient (Wildman–Crippen LogP) is 4.25. The first-order valence-electron chi connectivity index (χ1n) is 7.35. The number of para-hydroxylation sites is 1. The molecule has 4 nitrogen and oxygen atoms in total. The first kappa shape index (κ1) is 16.3. The number of anilines is 1. The van der Waals surface area contributed by atoms with Crippen LogP contribution in [0.3, 0.4) is 0 Å². The van der Waals surface area contributed by atoms with Gasteiger partial charge in [-0.3, -0.25) is 4.79 Å². The van der Waals surface area contributed by atoms with Crippen molar-refractivity contribution >= 4 is 22.9 Å². The zero-order valence-corrected chi connectivity index (χ0v) is 13.7. The highest BCUT2D eigenvalue weighted by molar-refractivity contribution is 7.17. The van der Waals surface area contributed by atoms with Crippen LogP contribution in [-0.4, -0.2) is 16.0 Å². The van der Waals surface area contributed by atoms with E-state index >= 15 is 0 Å². The Morgan fingerprint density at radius 3 is 2.67 bits per heavy atom. The molecule has 0 fully saturated rings. The Bertz CT molecular complexity index is 877. The van der Waals surface area contributed by atoms with Crippen molar-refractivity contribution in [2.24, 2.45) is 0 Å². The van der Waals surface area contributed by atoms with Gasteiger partial charge in [-0.2, -0.15) is 0 Å². The summed E-state index contributed by atoms with van der Waals surface area (Å²) in [5.74, 6) is -0.721. The van der Waals surface area contributed by atoms with Gasteiger partial charge in [-0.25, -0.2) is 9.37 Å². The Labute approximate surface area is 142 Å². The number of thiazole rings is 1. The number of aromatic nitrogens is 1. The Morgan fingerprint density at radius 1 is 1.21 bits per heavy atom. The first-order chi connectivity index (χ1) is 11.6. The molecule has 2 aromatic carbocycles. The van der Waals surface area contributed by atoms with Crippen molar-refractivity contribution in [3.05, 3.63) is 71.0 Å². The van der Waals surface area contributed by atoms with Gasteiger partial charge in [0.05, 0.1) is 12.3 Å². The molecular weight excluding hydrogens is 327 g/mol. The fourth-order valence-corrected chi connectivity index (χ4v) is 3.14. The molecule has 3 rings (SSSR count). The number of rotatable bonds is 4. The summed E-state index contributed by atoms with van der Waals surface area (Å²) in [4.78, 5) is 16.9. The molecule has 0 radical (unpaired) electrons. The van der Waals surface area contributed by atoms with Crippen LogP contribution in [-0.2, 0) is 0 Å². The van der Waals surface area contributed by atoms with E-state index in [1.807, 2.05) is 0 Å². The second-order valence-electron chi connectivity index (χ2n) is 5.23. The van der Waals surface area contributed by atoms with E-state index < -0.39 is 6.10 Å². The van der Waals surface area contributed by atoms with Crippen molar-refractivity contribution in [1.29, 1.82) is 0 Å². The van der Waals surface area contributed by atoms with Crippen molar-refractivity contribution < 1.29 is 14.3 Å². The van der Waals surface area contributed by atoms with Crippen LogP contribution in [0.15, 0.2) is 54.7 Å². The van der Waals surface area contributed by atoms with E-state index in [0.717, 1.165) is 11.3 Å². The number of amides is 1. The Balaban J connectivity index is 1.84. The third-order valence-corrected chi connectivity index (χ3v) is 4.52. The quantitative estimate of drug-likeness (QED) is 0.745. The van der Waals surface area contributed by atoms with Gasteiger partial charge in [0.1, 0.15) is 15.7 Å². The minimum atomic E-state index is -0.697. The molecule has 0 saturated carbocycles. The topological polar surface area (TPSA) is 62.2 Å². The number of benzene rings is 2. The lowest BCUT2D eigenvalue weighted by Crippen LogP contribution is -2.12. The van der Waals surface area contributed by atoms with Crippen molar-refractivity contribution in [3.8, 4) is 10.6 Å². The molecular formula is C18H15FN2O2S. The van der Waals surface area contributed by atoms with E-state index in [9.17, 15) is 14.3 Å². The van der Waals surface area contributed by atoms with Gasteiger partial charge in [-0.15, -0.1) is 11.3 Å². The molecule has 2 N–H and O–H groups in total. The van der Waals surface area contributed by atoms with Crippen LogP contribution >= 0.6 is 11.3 Å². The van der Waals surface area contributed by atoms with Crippen molar-refractivity contribution in [1.82, 2.24) is 4.98 Å². The molecule has 0 spiro atoms. The molecule has 0 saturated heterocycles. The van der Waals surface area contributed by atoms with Crippen LogP contribution < -0.4 is 5.32 Å². The maximum Gasteiger partial charge on any atom is 0.267 e. The van der Waals surface area contributed by atoms with Gasteiger partial charge in [-0.05, 0) is 25.1 Å². The lowest BCUT2D eigenvalue weighted by Gasteiger charge is -2.12. The predicted molar refractivity (Wildman–Crippen MR) is 92.5 cm³/mol. The first-order valence-corrected chi connectivity index (χ1v) is 8.17. The summed E-state index contributed by atoms with van der Waals surface area (Å²) in [6, 6.07) is 13.3. The number of aliphatic hydroxyl groups excluding tert-OH is 1. The number of nitrogens with one attached hydrogen (secondary N) is 1. The fourth-order valence-electron chi connectivity index (χ4n) is 2.30. The van der Waals surface area contributed by atoms with Gasteiger partial charge in [0.15, 0.2) is 0 Å². The van der Waals surface area contributed by atoms with E-state index in [2.05, 4.69) is 10.3 Å². The zero-order valence-electron chi connectivity index (χ0n) is 12.9. The van der Waals surface area contributed by atoms with Crippen molar-refractivity contribution in [2.45, 2.75) is 13.0 Å². The van der Waals surface area contributed by atoms with Crippen molar-refractivity contribution in [3.63, 3.8) is 0 Å². The van der Waals surface area contributed by atoms with Crippen molar-refractivity contribution in [2.75, 3.05) is 5.32 Å². The zero-order chi connectivity index (χ0) is 17.1. The highest BCUT2D eigenvalue weighted by atomic mass is 32.1. The average Bonchev–Trinajstić information content (AvgIpc) is 3.05. The molecule has 1 heterocycles. The number of carbonyl (C=O) groups excluding carboxylic acids is 1. The van der Waals surface area contributed by atoms with Gasteiger partial charge in [-0.1, -0.05) is 30.3 Å². The molecule has 1 unspecified atom stereocenters. The second kappa shape index (κ2) is 6.90.